The van der Waals surface area contributed by atoms with E-state index in [2.05, 4.69) is 29.7 Å². The highest BCUT2D eigenvalue weighted by atomic mass is 14.9. The number of aromatic nitrogens is 2. The van der Waals surface area contributed by atoms with E-state index in [1.807, 2.05) is 19.1 Å². The van der Waals surface area contributed by atoms with Crippen molar-refractivity contribution < 1.29 is 0 Å². The third kappa shape index (κ3) is 2.50. The van der Waals surface area contributed by atoms with Crippen molar-refractivity contribution in [1.82, 2.24) is 9.97 Å². The summed E-state index contributed by atoms with van der Waals surface area (Å²) in [4.78, 5) is 7.58. The standard InChI is InChI=1S/C12H16N2/c1-5-7-11-10(6-2)13-12(14-11)8-9(3)4/h2,5,7,9H,8H2,1,3-4H3,(H,13,14)/b7-5-. The minimum atomic E-state index is 0.588. The van der Waals surface area contributed by atoms with Crippen LogP contribution in [-0.2, 0) is 6.42 Å². The van der Waals surface area contributed by atoms with Crippen LogP contribution in [0.2, 0.25) is 0 Å². The number of terminal acetylenes is 1. The molecule has 0 unspecified atom stereocenters. The van der Waals surface area contributed by atoms with Gasteiger partial charge in [0.1, 0.15) is 11.5 Å². The number of imidazole rings is 1. The van der Waals surface area contributed by atoms with E-state index in [1.165, 1.54) is 0 Å². The SMILES string of the molecule is C#Cc1[nH]c(CC(C)C)nc1/C=C\C. The molecule has 1 rings (SSSR count). The second-order valence-electron chi connectivity index (χ2n) is 3.69. The summed E-state index contributed by atoms with van der Waals surface area (Å²) in [6.07, 6.45) is 10.2. The fraction of sp³-hybridized carbons (Fsp3) is 0.417. The van der Waals surface area contributed by atoms with Crippen molar-refractivity contribution in [2.24, 2.45) is 5.92 Å². The molecule has 0 aliphatic rings. The maximum absolute atomic E-state index is 5.37. The summed E-state index contributed by atoms with van der Waals surface area (Å²) in [6.45, 7) is 6.28. The molecule has 1 N–H and O–H groups in total. The van der Waals surface area contributed by atoms with Gasteiger partial charge in [0.15, 0.2) is 0 Å². The van der Waals surface area contributed by atoms with Gasteiger partial charge in [0.25, 0.3) is 0 Å². The molecule has 74 valence electrons. The molecule has 0 bridgehead atoms. The molecule has 0 spiro atoms. The highest BCUT2D eigenvalue weighted by Gasteiger charge is 2.06. The molecule has 1 aromatic rings. The van der Waals surface area contributed by atoms with Crippen molar-refractivity contribution in [2.45, 2.75) is 27.2 Å². The lowest BCUT2D eigenvalue weighted by Crippen LogP contribution is -1.95. The predicted molar refractivity (Wildman–Crippen MR) is 59.8 cm³/mol. The minimum absolute atomic E-state index is 0.588. The Kier molecular flexibility index (Phi) is 3.53. The second kappa shape index (κ2) is 4.66. The molecular weight excluding hydrogens is 172 g/mol. The zero-order valence-electron chi connectivity index (χ0n) is 8.96. The van der Waals surface area contributed by atoms with Crippen molar-refractivity contribution in [3.63, 3.8) is 0 Å². The number of allylic oxidation sites excluding steroid dienone is 1. The first kappa shape index (κ1) is 10.6. The van der Waals surface area contributed by atoms with Crippen molar-refractivity contribution >= 4 is 6.08 Å². The predicted octanol–water partition coefficient (Wildman–Crippen LogP) is 2.62. The third-order valence-corrected chi connectivity index (χ3v) is 1.85. The van der Waals surface area contributed by atoms with Crippen LogP contribution in [0.25, 0.3) is 6.08 Å². The molecule has 0 aliphatic carbocycles. The highest BCUT2D eigenvalue weighted by Crippen LogP contribution is 2.10. The lowest BCUT2D eigenvalue weighted by atomic mass is 10.1. The molecule has 0 aromatic carbocycles. The van der Waals surface area contributed by atoms with E-state index in [9.17, 15) is 0 Å². The van der Waals surface area contributed by atoms with Gasteiger partial charge in [-0.15, -0.1) is 6.42 Å². The van der Waals surface area contributed by atoms with Crippen LogP contribution < -0.4 is 0 Å². The molecule has 0 radical (unpaired) electrons. The van der Waals surface area contributed by atoms with E-state index in [0.717, 1.165) is 23.6 Å². The smallest absolute Gasteiger partial charge is 0.116 e. The summed E-state index contributed by atoms with van der Waals surface area (Å²) in [5, 5.41) is 0. The van der Waals surface area contributed by atoms with Crippen molar-refractivity contribution in [1.29, 1.82) is 0 Å². The van der Waals surface area contributed by atoms with Crippen LogP contribution in [0.5, 0.6) is 0 Å². The first-order valence-electron chi connectivity index (χ1n) is 4.85. The Bertz CT molecular complexity index is 364. The number of aromatic amines is 1. The lowest BCUT2D eigenvalue weighted by Gasteiger charge is -1.98. The fourth-order valence-corrected chi connectivity index (χ4v) is 1.31. The number of hydrogen-bond acceptors (Lipinski definition) is 1. The van der Waals surface area contributed by atoms with Gasteiger partial charge in [0.2, 0.25) is 0 Å². The second-order valence-corrected chi connectivity index (χ2v) is 3.69. The average Bonchev–Trinajstić information content (AvgIpc) is 2.47. The summed E-state index contributed by atoms with van der Waals surface area (Å²) in [5.41, 5.74) is 1.64. The van der Waals surface area contributed by atoms with E-state index in [1.54, 1.807) is 0 Å². The molecule has 0 atom stereocenters. The van der Waals surface area contributed by atoms with Crippen LogP contribution >= 0.6 is 0 Å². The maximum Gasteiger partial charge on any atom is 0.116 e. The van der Waals surface area contributed by atoms with Crippen LogP contribution in [0.1, 0.15) is 38.0 Å². The van der Waals surface area contributed by atoms with Crippen LogP contribution in [0.15, 0.2) is 6.08 Å². The molecule has 14 heavy (non-hydrogen) atoms. The Morgan fingerprint density at radius 3 is 2.79 bits per heavy atom. The highest BCUT2D eigenvalue weighted by molar-refractivity contribution is 5.52. The summed E-state index contributed by atoms with van der Waals surface area (Å²) in [7, 11) is 0. The normalized spacial score (nSPS) is 11.1. The maximum atomic E-state index is 5.37. The molecule has 0 saturated carbocycles. The van der Waals surface area contributed by atoms with Crippen molar-refractivity contribution in [3.8, 4) is 12.3 Å². The first-order valence-corrected chi connectivity index (χ1v) is 4.85. The zero-order valence-corrected chi connectivity index (χ0v) is 8.96. The average molecular weight is 188 g/mol. The number of nitrogens with one attached hydrogen (secondary N) is 1. The van der Waals surface area contributed by atoms with Gasteiger partial charge in [-0.1, -0.05) is 25.8 Å². The lowest BCUT2D eigenvalue weighted by molar-refractivity contribution is 0.625. The van der Waals surface area contributed by atoms with E-state index >= 15 is 0 Å². The van der Waals surface area contributed by atoms with Crippen LogP contribution in [0, 0.1) is 18.3 Å². The summed E-state index contributed by atoms with van der Waals surface area (Å²) >= 11 is 0. The Hall–Kier alpha value is -1.49. The molecule has 1 heterocycles. The Morgan fingerprint density at radius 2 is 2.29 bits per heavy atom. The van der Waals surface area contributed by atoms with Gasteiger partial charge >= 0.3 is 0 Å². The number of H-pyrrole nitrogens is 1. The van der Waals surface area contributed by atoms with Crippen molar-refractivity contribution in [2.75, 3.05) is 0 Å². The van der Waals surface area contributed by atoms with Gasteiger partial charge in [-0.05, 0) is 18.9 Å². The van der Waals surface area contributed by atoms with E-state index in [-0.39, 0.29) is 0 Å². The summed E-state index contributed by atoms with van der Waals surface area (Å²) in [6, 6.07) is 0. The van der Waals surface area contributed by atoms with E-state index < -0.39 is 0 Å². The van der Waals surface area contributed by atoms with Gasteiger partial charge in [-0.3, -0.25) is 0 Å². The topological polar surface area (TPSA) is 28.7 Å². The Balaban J connectivity index is 2.96. The Labute approximate surface area is 85.5 Å². The molecule has 0 amide bonds. The van der Waals surface area contributed by atoms with Crippen LogP contribution in [0.4, 0.5) is 0 Å². The van der Waals surface area contributed by atoms with Gasteiger partial charge < -0.3 is 4.98 Å². The molecule has 0 aliphatic heterocycles. The molecular formula is C12H16N2. The molecule has 2 nitrogen and oxygen atoms in total. The molecule has 2 heteroatoms. The van der Waals surface area contributed by atoms with Crippen molar-refractivity contribution in [3.05, 3.63) is 23.3 Å². The monoisotopic (exact) mass is 188 g/mol. The van der Waals surface area contributed by atoms with Gasteiger partial charge in [0, 0.05) is 6.42 Å². The van der Waals surface area contributed by atoms with Gasteiger partial charge in [0.05, 0.1) is 5.69 Å². The van der Waals surface area contributed by atoms with E-state index in [0.29, 0.717) is 5.92 Å². The Morgan fingerprint density at radius 1 is 1.57 bits per heavy atom. The van der Waals surface area contributed by atoms with Crippen LogP contribution in [-0.4, -0.2) is 9.97 Å². The van der Waals surface area contributed by atoms with Gasteiger partial charge in [-0.25, -0.2) is 4.98 Å². The zero-order chi connectivity index (χ0) is 10.6. The number of hydrogen-bond donors (Lipinski definition) is 1. The van der Waals surface area contributed by atoms with Gasteiger partial charge in [-0.2, -0.15) is 0 Å². The quantitative estimate of drug-likeness (QED) is 0.726. The first-order chi connectivity index (χ1) is 6.67. The number of nitrogens with zero attached hydrogens (tertiary/aromatic N) is 1. The summed E-state index contributed by atoms with van der Waals surface area (Å²) < 4.78 is 0. The minimum Gasteiger partial charge on any atom is -0.335 e. The number of rotatable bonds is 3. The van der Waals surface area contributed by atoms with E-state index in [4.69, 9.17) is 6.42 Å². The fourth-order valence-electron chi connectivity index (χ4n) is 1.31. The van der Waals surface area contributed by atoms with Crippen LogP contribution in [0.3, 0.4) is 0 Å². The summed E-state index contributed by atoms with van der Waals surface area (Å²) in [5.74, 6) is 4.17. The molecule has 0 saturated heterocycles. The molecule has 0 fully saturated rings. The largest absolute Gasteiger partial charge is 0.335 e. The molecule has 1 aromatic heterocycles. The third-order valence-electron chi connectivity index (χ3n) is 1.85.